The maximum Gasteiger partial charge on any atom is 0.292 e. The number of rotatable bonds is 25. The number of aromatic nitrogens is 5. The summed E-state index contributed by atoms with van der Waals surface area (Å²) in [4.78, 5) is 39.7. The zero-order valence-corrected chi connectivity index (χ0v) is 27.9. The van der Waals surface area contributed by atoms with Crippen LogP contribution in [0.15, 0.2) is 34.1 Å². The van der Waals surface area contributed by atoms with Crippen LogP contribution in [0.5, 0.6) is 0 Å². The summed E-state index contributed by atoms with van der Waals surface area (Å²) in [6.45, 7) is 5.03. The largest absolute Gasteiger partial charge is 0.424 e. The van der Waals surface area contributed by atoms with Gasteiger partial charge in [0, 0.05) is 49.5 Å². The first-order chi connectivity index (χ1) is 24.5. The molecule has 0 saturated heterocycles. The number of fused-ring (bicyclic) bond motifs is 2. The molecule has 0 atom stereocenters. The van der Waals surface area contributed by atoms with Crippen LogP contribution in [0.25, 0.3) is 43.8 Å². The second-order valence-corrected chi connectivity index (χ2v) is 10.9. The Labute approximate surface area is 288 Å². The topological polar surface area (TPSA) is 266 Å². The van der Waals surface area contributed by atoms with Gasteiger partial charge in [0.05, 0.1) is 58.2 Å². The van der Waals surface area contributed by atoms with Gasteiger partial charge in [0.15, 0.2) is 11.2 Å². The molecule has 3 aromatic heterocycles. The first kappa shape index (κ1) is 37.7. The SMILES string of the molecule is [N-]=[N+]=NCCOCCOCCOCCOCCNC(=O)CCCC(=O)NCCCCn1nc(-c2ccc3oc(N)nc3c2)c2c(N)ncnc21. The molecule has 0 aliphatic heterocycles. The molecule has 0 radical (unpaired) electrons. The summed E-state index contributed by atoms with van der Waals surface area (Å²) in [5, 5.41) is 14.5. The number of ether oxygens (including phenoxy) is 4. The van der Waals surface area contributed by atoms with Gasteiger partial charge in [-0.15, -0.1) is 0 Å². The number of nitrogen functional groups attached to an aromatic ring is 2. The Hall–Kier alpha value is -5.07. The van der Waals surface area contributed by atoms with Gasteiger partial charge < -0.3 is 45.5 Å². The van der Waals surface area contributed by atoms with Gasteiger partial charge in [-0.25, -0.2) is 14.6 Å². The Balaban J connectivity index is 1.01. The fraction of sp³-hybridized carbons (Fsp3) is 0.548. The van der Waals surface area contributed by atoms with E-state index >= 15 is 0 Å². The van der Waals surface area contributed by atoms with Crippen molar-refractivity contribution >= 4 is 45.8 Å². The number of carbonyl (C=O) groups is 2. The van der Waals surface area contributed by atoms with E-state index in [-0.39, 0.29) is 30.7 Å². The van der Waals surface area contributed by atoms with Gasteiger partial charge in [-0.3, -0.25) is 9.59 Å². The Morgan fingerprint density at radius 2 is 1.56 bits per heavy atom. The van der Waals surface area contributed by atoms with Crippen LogP contribution in [0.1, 0.15) is 32.1 Å². The molecule has 0 fully saturated rings. The van der Waals surface area contributed by atoms with Crippen molar-refractivity contribution in [3.63, 3.8) is 0 Å². The van der Waals surface area contributed by atoms with Crippen LogP contribution < -0.4 is 22.1 Å². The molecule has 0 spiro atoms. The van der Waals surface area contributed by atoms with Crippen LogP contribution in [-0.2, 0) is 35.1 Å². The minimum Gasteiger partial charge on any atom is -0.424 e. The highest BCUT2D eigenvalue weighted by atomic mass is 16.6. The molecule has 0 bridgehead atoms. The molecule has 4 rings (SSSR count). The van der Waals surface area contributed by atoms with Crippen LogP contribution in [-0.4, -0.2) is 109 Å². The number of amides is 2. The van der Waals surface area contributed by atoms with E-state index in [1.165, 1.54) is 6.33 Å². The summed E-state index contributed by atoms with van der Waals surface area (Å²) in [5.74, 6) is 0.0984. The molecule has 19 nitrogen and oxygen atoms in total. The predicted molar refractivity (Wildman–Crippen MR) is 184 cm³/mol. The van der Waals surface area contributed by atoms with Crippen LogP contribution in [0.4, 0.5) is 11.8 Å². The number of nitrogens with two attached hydrogens (primary N) is 2. The third-order valence-corrected chi connectivity index (χ3v) is 7.25. The van der Waals surface area contributed by atoms with Crippen LogP contribution in [0, 0.1) is 0 Å². The highest BCUT2D eigenvalue weighted by molar-refractivity contribution is 5.99. The molecule has 270 valence electrons. The lowest BCUT2D eigenvalue weighted by Crippen LogP contribution is -2.28. The summed E-state index contributed by atoms with van der Waals surface area (Å²) in [6, 6.07) is 5.56. The molecule has 0 saturated carbocycles. The van der Waals surface area contributed by atoms with Crippen LogP contribution >= 0.6 is 0 Å². The highest BCUT2D eigenvalue weighted by Crippen LogP contribution is 2.32. The van der Waals surface area contributed by atoms with Crippen molar-refractivity contribution in [3.05, 3.63) is 35.0 Å². The van der Waals surface area contributed by atoms with Gasteiger partial charge in [-0.1, -0.05) is 5.11 Å². The van der Waals surface area contributed by atoms with Crippen LogP contribution in [0.2, 0.25) is 0 Å². The number of oxazole rings is 1. The van der Waals surface area contributed by atoms with Crippen molar-refractivity contribution in [2.75, 3.05) is 84.0 Å². The molecule has 0 aliphatic rings. The lowest BCUT2D eigenvalue weighted by atomic mass is 10.1. The summed E-state index contributed by atoms with van der Waals surface area (Å²) in [6.07, 6.45) is 3.85. The number of hydrogen-bond acceptors (Lipinski definition) is 14. The van der Waals surface area contributed by atoms with Crippen LogP contribution in [0.3, 0.4) is 0 Å². The van der Waals surface area contributed by atoms with Gasteiger partial charge in [-0.05, 0) is 43.0 Å². The number of benzene rings is 1. The lowest BCUT2D eigenvalue weighted by molar-refractivity contribution is -0.122. The Bertz CT molecular complexity index is 1710. The molecule has 0 aliphatic carbocycles. The van der Waals surface area contributed by atoms with E-state index < -0.39 is 0 Å². The van der Waals surface area contributed by atoms with E-state index in [0.29, 0.717) is 119 Å². The maximum atomic E-state index is 12.3. The van der Waals surface area contributed by atoms with Gasteiger partial charge in [0.1, 0.15) is 23.4 Å². The molecule has 19 heteroatoms. The number of hydrogen-bond donors (Lipinski definition) is 4. The third kappa shape index (κ3) is 12.4. The molecule has 3 heterocycles. The van der Waals surface area contributed by atoms with Crippen molar-refractivity contribution in [2.45, 2.75) is 38.6 Å². The normalized spacial score (nSPS) is 11.2. The smallest absolute Gasteiger partial charge is 0.292 e. The summed E-state index contributed by atoms with van der Waals surface area (Å²) >= 11 is 0. The molecular formula is C31H44N12O7. The number of unbranched alkanes of at least 4 members (excludes halogenated alkanes) is 1. The first-order valence-corrected chi connectivity index (χ1v) is 16.4. The molecule has 50 heavy (non-hydrogen) atoms. The highest BCUT2D eigenvalue weighted by Gasteiger charge is 2.18. The zero-order chi connectivity index (χ0) is 35.4. The molecule has 6 N–H and O–H groups in total. The minimum absolute atomic E-state index is 0.0877. The fourth-order valence-electron chi connectivity index (χ4n) is 4.86. The van der Waals surface area contributed by atoms with E-state index in [9.17, 15) is 9.59 Å². The number of aryl methyl sites for hydroxylation is 1. The molecule has 1 aromatic carbocycles. The van der Waals surface area contributed by atoms with Gasteiger partial charge in [0.2, 0.25) is 11.8 Å². The van der Waals surface area contributed by atoms with Gasteiger partial charge >= 0.3 is 0 Å². The van der Waals surface area contributed by atoms with E-state index in [1.54, 1.807) is 10.7 Å². The number of anilines is 2. The third-order valence-electron chi connectivity index (χ3n) is 7.25. The van der Waals surface area contributed by atoms with Gasteiger partial charge in [-0.2, -0.15) is 10.1 Å². The van der Waals surface area contributed by atoms with Gasteiger partial charge in [0.25, 0.3) is 6.01 Å². The number of carbonyl (C=O) groups excluding carboxylic acids is 2. The van der Waals surface area contributed by atoms with E-state index in [2.05, 4.69) is 35.6 Å². The van der Waals surface area contributed by atoms with E-state index in [4.69, 9.17) is 45.5 Å². The number of azide groups is 1. The Kier molecular flexibility index (Phi) is 15.9. The van der Waals surface area contributed by atoms with E-state index in [0.717, 1.165) is 18.4 Å². The molecular weight excluding hydrogens is 652 g/mol. The lowest BCUT2D eigenvalue weighted by Gasteiger charge is -2.08. The zero-order valence-electron chi connectivity index (χ0n) is 27.9. The summed E-state index contributed by atoms with van der Waals surface area (Å²) in [5.41, 5.74) is 23.3. The standard InChI is InChI=1S/C31H44N12O7/c32-29-27-28(22-6-7-24-23(20-22)40-31(33)50-24)41-43(30(27)38-21-37-29)11-2-1-8-35-25(44)4-3-5-26(45)36-9-12-46-14-16-48-18-19-49-17-15-47-13-10-39-42-34/h6-7,20-21H,1-5,8-19H2,(H2,33,40)(H,35,44)(H,36,45)(H2,32,37,38). The predicted octanol–water partition coefficient (Wildman–Crippen LogP) is 2.36. The average Bonchev–Trinajstić information content (AvgIpc) is 3.67. The monoisotopic (exact) mass is 696 g/mol. The Morgan fingerprint density at radius 1 is 0.880 bits per heavy atom. The van der Waals surface area contributed by atoms with Crippen molar-refractivity contribution in [1.29, 1.82) is 0 Å². The molecule has 0 unspecified atom stereocenters. The van der Waals surface area contributed by atoms with Crippen molar-refractivity contribution in [3.8, 4) is 11.3 Å². The number of nitrogens with one attached hydrogen (secondary N) is 2. The van der Waals surface area contributed by atoms with Crippen molar-refractivity contribution in [1.82, 2.24) is 35.4 Å². The first-order valence-electron chi connectivity index (χ1n) is 16.4. The second-order valence-electron chi connectivity index (χ2n) is 10.9. The summed E-state index contributed by atoms with van der Waals surface area (Å²) < 4.78 is 28.6. The molecule has 2 amide bonds. The van der Waals surface area contributed by atoms with E-state index in [1.807, 2.05) is 12.1 Å². The summed E-state index contributed by atoms with van der Waals surface area (Å²) in [7, 11) is 0. The quantitative estimate of drug-likeness (QED) is 0.0336. The minimum atomic E-state index is -0.128. The fourth-order valence-corrected chi connectivity index (χ4v) is 4.86. The van der Waals surface area contributed by atoms with Crippen molar-refractivity contribution < 1.29 is 33.0 Å². The average molecular weight is 697 g/mol. The van der Waals surface area contributed by atoms with Crippen molar-refractivity contribution in [2.24, 2.45) is 5.11 Å². The molecule has 4 aromatic rings. The number of nitrogens with zero attached hydrogens (tertiary/aromatic N) is 8. The maximum absolute atomic E-state index is 12.3. The second kappa shape index (κ2) is 21.1. The Morgan fingerprint density at radius 3 is 2.28 bits per heavy atom.